The predicted molar refractivity (Wildman–Crippen MR) is 40.2 cm³/mol. The number of hydrogen-bond donors (Lipinski definition) is 0. The molecule has 1 rings (SSSR count). The summed E-state index contributed by atoms with van der Waals surface area (Å²) in [5, 5.41) is 0. The fourth-order valence-electron chi connectivity index (χ4n) is 0.781. The Morgan fingerprint density at radius 3 is 2.80 bits per heavy atom. The van der Waals surface area contributed by atoms with Gasteiger partial charge in [-0.05, 0) is 13.0 Å². The highest BCUT2D eigenvalue weighted by molar-refractivity contribution is 5.21. The summed E-state index contributed by atoms with van der Waals surface area (Å²) >= 11 is 0. The fourth-order valence-corrected chi connectivity index (χ4v) is 0.781. The Kier molecular flexibility index (Phi) is 2.07. The molecule has 0 aromatic carbocycles. The third-order valence-corrected chi connectivity index (χ3v) is 1.31. The Balaban J connectivity index is 3.11. The minimum Gasteiger partial charge on any atom is -0.194 e. The van der Waals surface area contributed by atoms with E-state index in [2.05, 4.69) is 11.8 Å². The molecule has 1 aromatic rings. The van der Waals surface area contributed by atoms with Crippen molar-refractivity contribution in [1.29, 1.82) is 0 Å². The van der Waals surface area contributed by atoms with Crippen molar-refractivity contribution in [3.8, 4) is 11.8 Å². The first-order valence-corrected chi connectivity index (χ1v) is 3.22. The van der Waals surface area contributed by atoms with E-state index in [1.165, 1.54) is 0 Å². The second-order valence-electron chi connectivity index (χ2n) is 2.07. The van der Waals surface area contributed by atoms with Crippen LogP contribution in [0, 0.1) is 11.8 Å². The first-order valence-electron chi connectivity index (χ1n) is 3.22. The molecular weight excluding hydrogens is 122 g/mol. The second-order valence-corrected chi connectivity index (χ2v) is 2.07. The Morgan fingerprint density at radius 2 is 2.20 bits per heavy atom. The summed E-state index contributed by atoms with van der Waals surface area (Å²) in [5.41, 5.74) is 1.05. The first-order chi connectivity index (χ1) is 4.84. The van der Waals surface area contributed by atoms with E-state index in [9.17, 15) is 0 Å². The zero-order valence-electron chi connectivity index (χ0n) is 6.26. The monoisotopic (exact) mass is 132 g/mol. The minimum absolute atomic E-state index is 1.05. The molecule has 0 N–H and O–H groups in total. The number of rotatable bonds is 0. The van der Waals surface area contributed by atoms with Gasteiger partial charge in [-0.2, -0.15) is 4.57 Å². The molecule has 0 aliphatic heterocycles. The van der Waals surface area contributed by atoms with Crippen LogP contribution < -0.4 is 4.57 Å². The highest BCUT2D eigenvalue weighted by Gasteiger charge is 1.96. The first kappa shape index (κ1) is 6.82. The lowest BCUT2D eigenvalue weighted by Crippen LogP contribution is -2.31. The van der Waals surface area contributed by atoms with Crippen LogP contribution in [0.25, 0.3) is 0 Å². The summed E-state index contributed by atoms with van der Waals surface area (Å²) in [5.74, 6) is 5.84. The maximum atomic E-state index is 2.99. The van der Waals surface area contributed by atoms with Crippen molar-refractivity contribution in [2.45, 2.75) is 6.92 Å². The number of pyridine rings is 1. The second kappa shape index (κ2) is 3.03. The molecule has 0 unspecified atom stereocenters. The van der Waals surface area contributed by atoms with Gasteiger partial charge < -0.3 is 0 Å². The molecule has 1 aromatic heterocycles. The average Bonchev–Trinajstić information content (AvgIpc) is 1.94. The van der Waals surface area contributed by atoms with Crippen molar-refractivity contribution in [3.05, 3.63) is 30.1 Å². The van der Waals surface area contributed by atoms with Crippen LogP contribution in [0.1, 0.15) is 12.6 Å². The van der Waals surface area contributed by atoms with Crippen LogP contribution in [0.15, 0.2) is 24.4 Å². The van der Waals surface area contributed by atoms with Gasteiger partial charge in [-0.15, -0.1) is 0 Å². The SMILES string of the molecule is CC#Cc1cccc[n+]1C. The van der Waals surface area contributed by atoms with E-state index >= 15 is 0 Å². The molecule has 0 aliphatic carbocycles. The summed E-state index contributed by atoms with van der Waals surface area (Å²) in [6, 6.07) is 5.97. The van der Waals surface area contributed by atoms with Crippen molar-refractivity contribution in [1.82, 2.24) is 0 Å². The van der Waals surface area contributed by atoms with Gasteiger partial charge in [0.2, 0.25) is 0 Å². The quantitative estimate of drug-likeness (QED) is 0.364. The Labute approximate surface area is 61.3 Å². The molecule has 0 fully saturated rings. The van der Waals surface area contributed by atoms with E-state index in [4.69, 9.17) is 0 Å². The lowest BCUT2D eigenvalue weighted by atomic mass is 10.3. The van der Waals surface area contributed by atoms with Crippen molar-refractivity contribution in [2.75, 3.05) is 0 Å². The standard InChI is InChI=1S/C9H10N/c1-3-6-9-7-4-5-8-10(9)2/h4-5,7-8H,1-2H3/q+1. The van der Waals surface area contributed by atoms with Gasteiger partial charge in [0.25, 0.3) is 5.69 Å². The molecule has 50 valence electrons. The van der Waals surface area contributed by atoms with Crippen LogP contribution in [-0.2, 0) is 7.05 Å². The lowest BCUT2D eigenvalue weighted by molar-refractivity contribution is -0.673. The maximum absolute atomic E-state index is 2.99. The average molecular weight is 132 g/mol. The van der Waals surface area contributed by atoms with E-state index in [0.717, 1.165) is 5.69 Å². The van der Waals surface area contributed by atoms with Crippen molar-refractivity contribution >= 4 is 0 Å². The molecule has 0 radical (unpaired) electrons. The Bertz CT molecular complexity index is 278. The molecule has 0 aliphatic rings. The van der Waals surface area contributed by atoms with Crippen LogP contribution >= 0.6 is 0 Å². The van der Waals surface area contributed by atoms with E-state index in [1.54, 1.807) is 0 Å². The topological polar surface area (TPSA) is 3.88 Å². The van der Waals surface area contributed by atoms with Crippen molar-refractivity contribution in [2.24, 2.45) is 7.05 Å². The third kappa shape index (κ3) is 1.35. The predicted octanol–water partition coefficient (Wildman–Crippen LogP) is 0.883. The molecule has 0 amide bonds. The number of aromatic nitrogens is 1. The fraction of sp³-hybridized carbons (Fsp3) is 0.222. The number of nitrogens with zero attached hydrogens (tertiary/aromatic N) is 1. The van der Waals surface area contributed by atoms with Gasteiger partial charge in [-0.3, -0.25) is 0 Å². The normalized spacial score (nSPS) is 8.20. The van der Waals surface area contributed by atoms with Crippen LogP contribution in [0.5, 0.6) is 0 Å². The molecule has 1 heterocycles. The van der Waals surface area contributed by atoms with Crippen LogP contribution in [-0.4, -0.2) is 0 Å². The Morgan fingerprint density at radius 1 is 1.40 bits per heavy atom. The highest BCUT2D eigenvalue weighted by Crippen LogP contribution is 1.85. The van der Waals surface area contributed by atoms with Gasteiger partial charge in [0.1, 0.15) is 7.05 Å². The van der Waals surface area contributed by atoms with Crippen molar-refractivity contribution < 1.29 is 4.57 Å². The zero-order chi connectivity index (χ0) is 7.40. The van der Waals surface area contributed by atoms with E-state index < -0.39 is 0 Å². The van der Waals surface area contributed by atoms with Crippen LogP contribution in [0.2, 0.25) is 0 Å². The van der Waals surface area contributed by atoms with Crippen LogP contribution in [0.3, 0.4) is 0 Å². The Hall–Kier alpha value is -1.29. The molecule has 0 saturated heterocycles. The van der Waals surface area contributed by atoms with E-state index in [-0.39, 0.29) is 0 Å². The van der Waals surface area contributed by atoms with Gasteiger partial charge in [-0.1, -0.05) is 5.92 Å². The van der Waals surface area contributed by atoms with Gasteiger partial charge in [0.15, 0.2) is 6.20 Å². The lowest BCUT2D eigenvalue weighted by Gasteiger charge is -1.87. The molecule has 10 heavy (non-hydrogen) atoms. The van der Waals surface area contributed by atoms with Gasteiger partial charge in [0.05, 0.1) is 0 Å². The summed E-state index contributed by atoms with van der Waals surface area (Å²) in [7, 11) is 1.99. The zero-order valence-corrected chi connectivity index (χ0v) is 6.26. The van der Waals surface area contributed by atoms with Gasteiger partial charge in [-0.25, -0.2) is 0 Å². The molecule has 0 saturated carbocycles. The highest BCUT2D eigenvalue weighted by atomic mass is 14.9. The maximum Gasteiger partial charge on any atom is 0.256 e. The number of hydrogen-bond acceptors (Lipinski definition) is 0. The van der Waals surface area contributed by atoms with Gasteiger partial charge >= 0.3 is 0 Å². The summed E-state index contributed by atoms with van der Waals surface area (Å²) < 4.78 is 2.00. The van der Waals surface area contributed by atoms with Crippen molar-refractivity contribution in [3.63, 3.8) is 0 Å². The smallest absolute Gasteiger partial charge is 0.194 e. The minimum atomic E-state index is 1.05. The molecule has 1 nitrogen and oxygen atoms in total. The van der Waals surface area contributed by atoms with E-state index in [1.807, 2.05) is 42.9 Å². The molecule has 0 bridgehead atoms. The summed E-state index contributed by atoms with van der Waals surface area (Å²) in [6.07, 6.45) is 1.99. The summed E-state index contributed by atoms with van der Waals surface area (Å²) in [4.78, 5) is 0. The summed E-state index contributed by atoms with van der Waals surface area (Å²) in [6.45, 7) is 1.84. The molecular formula is C9H10N+. The van der Waals surface area contributed by atoms with E-state index in [0.29, 0.717) is 0 Å². The molecule has 0 atom stereocenters. The third-order valence-electron chi connectivity index (χ3n) is 1.31. The largest absolute Gasteiger partial charge is 0.256 e. The van der Waals surface area contributed by atoms with Crippen LogP contribution in [0.4, 0.5) is 0 Å². The van der Waals surface area contributed by atoms with Gasteiger partial charge in [0, 0.05) is 18.1 Å². The molecule has 0 spiro atoms. The molecule has 1 heteroatoms. The number of aryl methyl sites for hydroxylation is 1.